The molecule has 0 spiro atoms. The van der Waals surface area contributed by atoms with E-state index in [2.05, 4.69) is 7.05 Å². The van der Waals surface area contributed by atoms with E-state index >= 15 is 0 Å². The maximum atomic E-state index is 13.0. The third kappa shape index (κ3) is 2.28. The molecule has 0 saturated carbocycles. The first-order valence-electron chi connectivity index (χ1n) is 6.02. The van der Waals surface area contributed by atoms with E-state index in [1.165, 1.54) is 12.1 Å². The summed E-state index contributed by atoms with van der Waals surface area (Å²) < 4.78 is 24.3. The number of nitrogens with zero attached hydrogens (tertiary/aromatic N) is 1. The van der Waals surface area contributed by atoms with Gasteiger partial charge in [0.15, 0.2) is 0 Å². The molecule has 18 heavy (non-hydrogen) atoms. The van der Waals surface area contributed by atoms with Gasteiger partial charge in [-0.05, 0) is 37.2 Å². The van der Waals surface area contributed by atoms with Crippen molar-refractivity contribution in [2.75, 3.05) is 27.3 Å². The number of halogens is 1. The van der Waals surface area contributed by atoms with Crippen LogP contribution in [0.4, 0.5) is 4.39 Å². The van der Waals surface area contributed by atoms with Crippen LogP contribution in [0.5, 0.6) is 0 Å². The van der Waals surface area contributed by atoms with Gasteiger partial charge in [0.2, 0.25) is 0 Å². The number of rotatable bonds is 3. The van der Waals surface area contributed by atoms with Gasteiger partial charge in [-0.3, -0.25) is 7.05 Å². The van der Waals surface area contributed by atoms with Crippen LogP contribution in [0.25, 0.3) is 0 Å². The zero-order chi connectivity index (χ0) is 13.2. The number of likely N-dealkylation sites (tertiary alicyclic amines) is 1. The van der Waals surface area contributed by atoms with E-state index in [0.29, 0.717) is 6.54 Å². The molecule has 100 valence electrons. The van der Waals surface area contributed by atoms with Gasteiger partial charge in [0, 0.05) is 14.2 Å². The van der Waals surface area contributed by atoms with Crippen LogP contribution in [-0.2, 0) is 15.1 Å². The van der Waals surface area contributed by atoms with Crippen molar-refractivity contribution in [1.82, 2.24) is 4.90 Å². The quantitative estimate of drug-likeness (QED) is 0.770. The number of piperidine rings is 1. The SMILES string of the molecule is [CH2-]N1CC[C@@](OC)(c2ccc(F)cc2)[C@H](OC)C1. The Morgan fingerprint density at radius 2 is 2.00 bits per heavy atom. The number of hydrogen-bond acceptors (Lipinski definition) is 3. The van der Waals surface area contributed by atoms with Gasteiger partial charge in [-0.1, -0.05) is 12.1 Å². The van der Waals surface area contributed by atoms with E-state index in [4.69, 9.17) is 9.47 Å². The molecule has 1 fully saturated rings. The van der Waals surface area contributed by atoms with Crippen LogP contribution < -0.4 is 0 Å². The fourth-order valence-electron chi connectivity index (χ4n) is 2.64. The van der Waals surface area contributed by atoms with Crippen molar-refractivity contribution in [1.29, 1.82) is 0 Å². The monoisotopic (exact) mass is 252 g/mol. The summed E-state index contributed by atoms with van der Waals surface area (Å²) in [6.07, 6.45) is 0.663. The van der Waals surface area contributed by atoms with Crippen LogP contribution in [0.2, 0.25) is 0 Å². The molecule has 2 atom stereocenters. The molecule has 0 N–H and O–H groups in total. The highest BCUT2D eigenvalue weighted by Gasteiger charge is 2.43. The maximum Gasteiger partial charge on any atom is 0.123 e. The van der Waals surface area contributed by atoms with Crippen LogP contribution in [0, 0.1) is 12.9 Å². The minimum atomic E-state index is -0.517. The lowest BCUT2D eigenvalue weighted by Gasteiger charge is -2.48. The lowest BCUT2D eigenvalue weighted by molar-refractivity contribution is -0.153. The molecular weight excluding hydrogens is 233 g/mol. The molecule has 1 aromatic carbocycles. The first-order chi connectivity index (χ1) is 8.62. The summed E-state index contributed by atoms with van der Waals surface area (Å²) in [5.74, 6) is -0.242. The van der Waals surface area contributed by atoms with Crippen LogP contribution in [0.3, 0.4) is 0 Å². The maximum absolute atomic E-state index is 13.0. The molecule has 0 bridgehead atoms. The summed E-state index contributed by atoms with van der Waals surface area (Å²) in [6, 6.07) is 6.45. The summed E-state index contributed by atoms with van der Waals surface area (Å²) in [5, 5.41) is 0. The van der Waals surface area contributed by atoms with Gasteiger partial charge >= 0.3 is 0 Å². The summed E-state index contributed by atoms with van der Waals surface area (Å²) in [5.41, 5.74) is 0.433. The average molecular weight is 252 g/mol. The lowest BCUT2D eigenvalue weighted by atomic mass is 9.82. The average Bonchev–Trinajstić information content (AvgIpc) is 2.40. The summed E-state index contributed by atoms with van der Waals surface area (Å²) in [7, 11) is 7.28. The van der Waals surface area contributed by atoms with Crippen molar-refractivity contribution in [3.8, 4) is 0 Å². The predicted octanol–water partition coefficient (Wildman–Crippen LogP) is 2.18. The highest BCUT2D eigenvalue weighted by atomic mass is 19.1. The highest BCUT2D eigenvalue weighted by molar-refractivity contribution is 5.26. The smallest absolute Gasteiger partial charge is 0.123 e. The lowest BCUT2D eigenvalue weighted by Crippen LogP contribution is -2.53. The van der Waals surface area contributed by atoms with Crippen LogP contribution in [0.15, 0.2) is 24.3 Å². The first-order valence-corrected chi connectivity index (χ1v) is 6.02. The van der Waals surface area contributed by atoms with E-state index in [0.717, 1.165) is 18.5 Å². The Balaban J connectivity index is 2.36. The van der Waals surface area contributed by atoms with Crippen LogP contribution in [0.1, 0.15) is 12.0 Å². The Hall–Kier alpha value is -0.970. The predicted molar refractivity (Wildman–Crippen MR) is 67.4 cm³/mol. The molecule has 2 rings (SSSR count). The van der Waals surface area contributed by atoms with Crippen molar-refractivity contribution < 1.29 is 13.9 Å². The van der Waals surface area contributed by atoms with Crippen molar-refractivity contribution in [2.45, 2.75) is 18.1 Å². The van der Waals surface area contributed by atoms with Crippen molar-refractivity contribution >= 4 is 0 Å². The van der Waals surface area contributed by atoms with Crippen LogP contribution in [-0.4, -0.2) is 38.3 Å². The fourth-order valence-corrected chi connectivity index (χ4v) is 2.64. The Morgan fingerprint density at radius 1 is 1.33 bits per heavy atom. The number of hydrogen-bond donors (Lipinski definition) is 0. The largest absolute Gasteiger partial charge is 0.457 e. The molecule has 0 aliphatic carbocycles. The van der Waals surface area contributed by atoms with Gasteiger partial charge < -0.3 is 14.4 Å². The van der Waals surface area contributed by atoms with Gasteiger partial charge in [0.1, 0.15) is 17.5 Å². The highest BCUT2D eigenvalue weighted by Crippen LogP contribution is 2.37. The van der Waals surface area contributed by atoms with E-state index < -0.39 is 5.60 Å². The normalized spacial score (nSPS) is 29.4. The summed E-state index contributed by atoms with van der Waals surface area (Å²) in [6.45, 7) is 1.52. The molecule has 3 nitrogen and oxygen atoms in total. The van der Waals surface area contributed by atoms with Gasteiger partial charge in [-0.25, -0.2) is 4.39 Å². The number of ether oxygens (including phenoxy) is 2. The van der Waals surface area contributed by atoms with E-state index in [1.54, 1.807) is 26.4 Å². The third-order valence-electron chi connectivity index (χ3n) is 3.73. The molecule has 0 aromatic heterocycles. The summed E-state index contributed by atoms with van der Waals surface area (Å²) >= 11 is 0. The van der Waals surface area contributed by atoms with E-state index in [9.17, 15) is 4.39 Å². The molecule has 0 amide bonds. The van der Waals surface area contributed by atoms with E-state index in [1.807, 2.05) is 4.90 Å². The molecule has 1 aromatic rings. The molecule has 0 radical (unpaired) electrons. The molecule has 1 saturated heterocycles. The zero-order valence-electron chi connectivity index (χ0n) is 10.9. The molecule has 4 heteroatoms. The van der Waals surface area contributed by atoms with Crippen molar-refractivity contribution in [2.24, 2.45) is 0 Å². The van der Waals surface area contributed by atoms with Gasteiger partial charge in [-0.2, -0.15) is 0 Å². The zero-order valence-corrected chi connectivity index (χ0v) is 10.9. The van der Waals surface area contributed by atoms with Gasteiger partial charge in [0.25, 0.3) is 0 Å². The number of methoxy groups -OCH3 is 2. The third-order valence-corrected chi connectivity index (χ3v) is 3.73. The molecule has 1 aliphatic rings. The summed E-state index contributed by atoms with van der Waals surface area (Å²) in [4.78, 5) is 1.97. The second-order valence-corrected chi connectivity index (χ2v) is 4.65. The van der Waals surface area contributed by atoms with Crippen molar-refractivity contribution in [3.05, 3.63) is 42.7 Å². The second kappa shape index (κ2) is 5.34. The van der Waals surface area contributed by atoms with Gasteiger partial charge in [0.05, 0.1) is 0 Å². The molecule has 1 aliphatic heterocycles. The first kappa shape index (κ1) is 13.5. The molecule has 1 heterocycles. The Labute approximate surface area is 107 Å². The minimum absolute atomic E-state index is 0.112. The topological polar surface area (TPSA) is 21.7 Å². The second-order valence-electron chi connectivity index (χ2n) is 4.65. The fraction of sp³-hybridized carbons (Fsp3) is 0.500. The van der Waals surface area contributed by atoms with Crippen LogP contribution >= 0.6 is 0 Å². The Bertz CT molecular complexity index is 395. The number of benzene rings is 1. The standard InChI is InChI=1S/C14H19FNO2/c1-16-9-8-14(18-3,13(10-16)17-2)11-4-6-12(15)7-5-11/h4-7,13H,1,8-10H2,2-3H3/q-1/t13-,14-/m1/s1. The Kier molecular flexibility index (Phi) is 4.00. The Morgan fingerprint density at radius 3 is 2.56 bits per heavy atom. The minimum Gasteiger partial charge on any atom is -0.457 e. The van der Waals surface area contributed by atoms with Gasteiger partial charge in [-0.15, -0.1) is 0 Å². The molecular formula is C14H19FNO2-. The van der Waals surface area contributed by atoms with E-state index in [-0.39, 0.29) is 11.9 Å². The van der Waals surface area contributed by atoms with Crippen molar-refractivity contribution in [3.63, 3.8) is 0 Å². The molecule has 0 unspecified atom stereocenters.